The van der Waals surface area contributed by atoms with Gasteiger partial charge in [-0.15, -0.1) is 0 Å². The number of alkyl halides is 6. The second-order valence-corrected chi connectivity index (χ2v) is 5.29. The summed E-state index contributed by atoms with van der Waals surface area (Å²) in [5, 5.41) is 0. The molecule has 1 rings (SSSR count). The molecule has 1 fully saturated rings. The Morgan fingerprint density at radius 1 is 0.857 bits per heavy atom. The molecule has 0 amide bonds. The third-order valence-electron chi connectivity index (χ3n) is 3.53. The number of rotatable bonds is 6. The molecule has 2 nitrogen and oxygen atoms in total. The van der Waals surface area contributed by atoms with Crippen molar-refractivity contribution in [3.05, 3.63) is 0 Å². The second-order valence-electron chi connectivity index (χ2n) is 5.29. The number of hydrogen-bond acceptors (Lipinski definition) is 2. The highest BCUT2D eigenvalue weighted by Gasteiger charge is 2.78. The average Bonchev–Trinajstić information content (AvgIpc) is 2.67. The van der Waals surface area contributed by atoms with E-state index in [0.29, 0.717) is 6.42 Å². The summed E-state index contributed by atoms with van der Waals surface area (Å²) in [5.74, 6) is -4.49. The Morgan fingerprint density at radius 2 is 1.38 bits per heavy atom. The number of ether oxygens (including phenoxy) is 2. The van der Waals surface area contributed by atoms with Gasteiger partial charge in [-0.25, -0.2) is 0 Å². The maximum Gasteiger partial charge on any atom is 0.453 e. The van der Waals surface area contributed by atoms with E-state index in [-0.39, 0.29) is 6.42 Å². The summed E-state index contributed by atoms with van der Waals surface area (Å²) in [4.78, 5) is 0. The summed E-state index contributed by atoms with van der Waals surface area (Å²) in [5.41, 5.74) is 0. The van der Waals surface area contributed by atoms with Gasteiger partial charge in [0.1, 0.15) is 0 Å². The Hall–Kier alpha value is -0.500. The minimum atomic E-state index is -5.66. The lowest BCUT2D eigenvalue weighted by molar-refractivity contribution is -0.445. The van der Waals surface area contributed by atoms with Crippen molar-refractivity contribution in [2.45, 2.75) is 82.7 Å². The number of unbranched alkanes of at least 4 members (excludes halogenated alkanes) is 4. The van der Waals surface area contributed by atoms with Gasteiger partial charge in [0.05, 0.1) is 12.2 Å². The number of hydrogen-bond donors (Lipinski definition) is 0. The fraction of sp³-hybridized carbons (Fsp3) is 1.00. The van der Waals surface area contributed by atoms with Crippen LogP contribution in [0.4, 0.5) is 26.3 Å². The van der Waals surface area contributed by atoms with Gasteiger partial charge >= 0.3 is 18.1 Å². The van der Waals surface area contributed by atoms with E-state index >= 15 is 0 Å². The van der Waals surface area contributed by atoms with Gasteiger partial charge in [0.25, 0.3) is 0 Å². The van der Waals surface area contributed by atoms with Crippen LogP contribution in [0.1, 0.15) is 52.4 Å². The van der Waals surface area contributed by atoms with Gasteiger partial charge in [-0.2, -0.15) is 26.3 Å². The average molecular weight is 322 g/mol. The molecule has 0 unspecified atom stereocenters. The zero-order chi connectivity index (χ0) is 16.3. The molecule has 1 saturated heterocycles. The van der Waals surface area contributed by atoms with Gasteiger partial charge in [-0.05, 0) is 13.3 Å². The largest absolute Gasteiger partial charge is 0.453 e. The van der Waals surface area contributed by atoms with E-state index in [0.717, 1.165) is 25.7 Å². The molecule has 1 aliphatic rings. The molecule has 2 atom stereocenters. The lowest BCUT2D eigenvalue weighted by Crippen LogP contribution is -2.58. The maximum absolute atomic E-state index is 12.8. The van der Waals surface area contributed by atoms with E-state index in [2.05, 4.69) is 9.47 Å². The molecule has 1 heterocycles. The normalized spacial score (nSPS) is 26.3. The Bertz CT molecular complexity index is 312. The molecule has 0 aromatic heterocycles. The first-order valence-electron chi connectivity index (χ1n) is 7.04. The molecule has 0 bridgehead atoms. The third kappa shape index (κ3) is 4.03. The van der Waals surface area contributed by atoms with Crippen LogP contribution in [0, 0.1) is 0 Å². The zero-order valence-corrected chi connectivity index (χ0v) is 12.0. The Balaban J connectivity index is 2.68. The predicted molar refractivity (Wildman–Crippen MR) is 63.6 cm³/mol. The quantitative estimate of drug-likeness (QED) is 0.508. The molecule has 0 saturated carbocycles. The molecule has 0 aromatic rings. The Kier molecular flexibility index (Phi) is 5.94. The van der Waals surface area contributed by atoms with Crippen LogP contribution in [-0.2, 0) is 9.47 Å². The van der Waals surface area contributed by atoms with E-state index in [9.17, 15) is 26.3 Å². The molecule has 1 aliphatic heterocycles. The van der Waals surface area contributed by atoms with Crippen LogP contribution >= 0.6 is 0 Å². The van der Waals surface area contributed by atoms with Crippen molar-refractivity contribution in [2.75, 3.05) is 0 Å². The molecule has 21 heavy (non-hydrogen) atoms. The molecular formula is C13H20F6O2. The molecule has 0 aromatic carbocycles. The minimum absolute atomic E-state index is 0.124. The predicted octanol–water partition coefficient (Wildman–Crippen LogP) is 4.97. The Morgan fingerprint density at radius 3 is 1.81 bits per heavy atom. The lowest BCUT2D eigenvalue weighted by Gasteiger charge is -2.31. The first kappa shape index (κ1) is 18.5. The second kappa shape index (κ2) is 6.73. The van der Waals surface area contributed by atoms with Gasteiger partial charge < -0.3 is 9.47 Å². The van der Waals surface area contributed by atoms with E-state index in [1.807, 2.05) is 6.92 Å². The van der Waals surface area contributed by atoms with Gasteiger partial charge in [0.15, 0.2) is 0 Å². The molecule has 8 heteroatoms. The topological polar surface area (TPSA) is 18.5 Å². The van der Waals surface area contributed by atoms with Crippen LogP contribution in [0.2, 0.25) is 0 Å². The van der Waals surface area contributed by atoms with Crippen LogP contribution in [-0.4, -0.2) is 30.3 Å². The summed E-state index contributed by atoms with van der Waals surface area (Å²) >= 11 is 0. The first-order chi connectivity index (χ1) is 9.55. The van der Waals surface area contributed by atoms with Gasteiger partial charge in [-0.1, -0.05) is 39.0 Å². The monoisotopic (exact) mass is 322 g/mol. The molecule has 126 valence electrons. The van der Waals surface area contributed by atoms with Gasteiger partial charge in [0, 0.05) is 0 Å². The molecule has 0 radical (unpaired) electrons. The van der Waals surface area contributed by atoms with Crippen LogP contribution in [0.25, 0.3) is 0 Å². The van der Waals surface area contributed by atoms with Crippen molar-refractivity contribution in [1.82, 2.24) is 0 Å². The standard InChI is InChI=1S/C13H20F6O2/c1-3-4-5-6-7-8-10-9(2)20-11(21-10,12(14,15)16)13(17,18)19/h9-10H,3-8H2,1-2H3/t9-,10+/m0/s1. The zero-order valence-electron chi connectivity index (χ0n) is 12.0. The van der Waals surface area contributed by atoms with Crippen molar-refractivity contribution in [3.8, 4) is 0 Å². The summed E-state index contributed by atoms with van der Waals surface area (Å²) in [6, 6.07) is 0. The van der Waals surface area contributed by atoms with Crippen molar-refractivity contribution in [3.63, 3.8) is 0 Å². The highest BCUT2D eigenvalue weighted by Crippen LogP contribution is 2.52. The van der Waals surface area contributed by atoms with Crippen LogP contribution in [0.5, 0.6) is 0 Å². The maximum atomic E-state index is 12.8. The fourth-order valence-corrected chi connectivity index (χ4v) is 2.35. The Labute approximate surface area is 119 Å². The van der Waals surface area contributed by atoms with Crippen molar-refractivity contribution in [2.24, 2.45) is 0 Å². The highest BCUT2D eigenvalue weighted by atomic mass is 19.4. The first-order valence-corrected chi connectivity index (χ1v) is 7.04. The van der Waals surface area contributed by atoms with E-state index in [1.54, 1.807) is 0 Å². The van der Waals surface area contributed by atoms with Crippen molar-refractivity contribution < 1.29 is 35.8 Å². The fourth-order valence-electron chi connectivity index (χ4n) is 2.35. The molecule has 0 spiro atoms. The SMILES string of the molecule is CCCCCCC[C@H]1OC(C(F)(F)F)(C(F)(F)F)O[C@H]1C. The van der Waals surface area contributed by atoms with Crippen LogP contribution in [0.15, 0.2) is 0 Å². The summed E-state index contributed by atoms with van der Waals surface area (Å²) < 4.78 is 85.2. The van der Waals surface area contributed by atoms with Gasteiger partial charge in [-0.3, -0.25) is 0 Å². The van der Waals surface area contributed by atoms with Crippen LogP contribution < -0.4 is 0 Å². The molecule has 0 aliphatic carbocycles. The smallest absolute Gasteiger partial charge is 0.330 e. The lowest BCUT2D eigenvalue weighted by atomic mass is 10.1. The third-order valence-corrected chi connectivity index (χ3v) is 3.53. The van der Waals surface area contributed by atoms with E-state index < -0.39 is 30.3 Å². The van der Waals surface area contributed by atoms with Crippen LogP contribution in [0.3, 0.4) is 0 Å². The molecule has 0 N–H and O–H groups in total. The minimum Gasteiger partial charge on any atom is -0.330 e. The highest BCUT2D eigenvalue weighted by molar-refractivity contribution is 4.95. The van der Waals surface area contributed by atoms with E-state index in [1.165, 1.54) is 6.92 Å². The van der Waals surface area contributed by atoms with Crippen molar-refractivity contribution >= 4 is 0 Å². The van der Waals surface area contributed by atoms with Crippen molar-refractivity contribution in [1.29, 1.82) is 0 Å². The summed E-state index contributed by atoms with van der Waals surface area (Å²) in [6.45, 7) is 3.19. The molecular weight excluding hydrogens is 302 g/mol. The van der Waals surface area contributed by atoms with E-state index in [4.69, 9.17) is 0 Å². The van der Waals surface area contributed by atoms with Gasteiger partial charge in [0.2, 0.25) is 0 Å². The summed E-state index contributed by atoms with van der Waals surface area (Å²) in [6.07, 6.45) is -9.46. The summed E-state index contributed by atoms with van der Waals surface area (Å²) in [7, 11) is 0. The number of halogens is 6.